The first-order valence-electron chi connectivity index (χ1n) is 7.97. The van der Waals surface area contributed by atoms with Gasteiger partial charge >= 0.3 is 0 Å². The third kappa shape index (κ3) is 3.77. The molecule has 0 spiro atoms. The van der Waals surface area contributed by atoms with Gasteiger partial charge in [0.05, 0.1) is 0 Å². The summed E-state index contributed by atoms with van der Waals surface area (Å²) in [7, 11) is 0. The molecule has 2 amide bonds. The van der Waals surface area contributed by atoms with Gasteiger partial charge in [0.15, 0.2) is 0 Å². The van der Waals surface area contributed by atoms with Crippen LogP contribution in [0.2, 0.25) is 5.02 Å². The van der Waals surface area contributed by atoms with E-state index in [9.17, 15) is 9.59 Å². The molecule has 2 aromatic rings. The summed E-state index contributed by atoms with van der Waals surface area (Å²) in [6.07, 6.45) is 1.49. The fourth-order valence-electron chi connectivity index (χ4n) is 2.85. The van der Waals surface area contributed by atoms with Crippen molar-refractivity contribution in [2.75, 3.05) is 10.6 Å². The minimum Gasteiger partial charge on any atom is -0.326 e. The summed E-state index contributed by atoms with van der Waals surface area (Å²) in [4.78, 5) is 24.3. The predicted molar refractivity (Wildman–Crippen MR) is 96.3 cm³/mol. The summed E-state index contributed by atoms with van der Waals surface area (Å²) in [6.45, 7) is 1.91. The lowest BCUT2D eigenvalue weighted by Crippen LogP contribution is -2.30. The third-order valence-electron chi connectivity index (χ3n) is 4.29. The molecule has 5 heteroatoms. The van der Waals surface area contributed by atoms with Gasteiger partial charge in [-0.25, -0.2) is 0 Å². The Hall–Kier alpha value is -2.33. The van der Waals surface area contributed by atoms with Crippen LogP contribution in [0.3, 0.4) is 0 Å². The zero-order valence-electron chi connectivity index (χ0n) is 13.4. The number of carbonyl (C=O) groups excluding carboxylic acids is 2. The van der Waals surface area contributed by atoms with Crippen LogP contribution in [0.5, 0.6) is 0 Å². The van der Waals surface area contributed by atoms with Gasteiger partial charge in [-0.05, 0) is 49.1 Å². The zero-order valence-corrected chi connectivity index (χ0v) is 14.2. The van der Waals surface area contributed by atoms with Gasteiger partial charge in [0.25, 0.3) is 0 Å². The van der Waals surface area contributed by atoms with Crippen molar-refractivity contribution in [2.24, 2.45) is 5.92 Å². The Morgan fingerprint density at radius 1 is 1.29 bits per heavy atom. The van der Waals surface area contributed by atoms with Crippen molar-refractivity contribution in [1.29, 1.82) is 0 Å². The highest BCUT2D eigenvalue weighted by atomic mass is 35.5. The van der Waals surface area contributed by atoms with Crippen LogP contribution < -0.4 is 10.6 Å². The predicted octanol–water partition coefficient (Wildman–Crippen LogP) is 4.18. The molecule has 3 rings (SSSR count). The maximum absolute atomic E-state index is 12.1. The maximum atomic E-state index is 12.1. The van der Waals surface area contributed by atoms with Gasteiger partial charge in [0.1, 0.15) is 0 Å². The van der Waals surface area contributed by atoms with E-state index in [1.807, 2.05) is 43.3 Å². The first-order valence-corrected chi connectivity index (χ1v) is 8.35. The number of aryl methyl sites for hydroxylation is 1. The molecule has 1 aliphatic heterocycles. The Kier molecular flexibility index (Phi) is 4.86. The highest BCUT2D eigenvalue weighted by Gasteiger charge is 2.26. The van der Waals surface area contributed by atoms with Crippen molar-refractivity contribution in [3.8, 4) is 0 Å². The molecule has 24 heavy (non-hydrogen) atoms. The molecule has 124 valence electrons. The normalized spacial score (nSPS) is 16.2. The van der Waals surface area contributed by atoms with E-state index in [0.717, 1.165) is 16.8 Å². The number of halogens is 1. The first-order chi connectivity index (χ1) is 11.5. The van der Waals surface area contributed by atoms with Gasteiger partial charge in [-0.1, -0.05) is 35.9 Å². The Bertz CT molecular complexity index is 789. The fraction of sp³-hybridized carbons (Fsp3) is 0.263. The molecule has 0 bridgehead atoms. The van der Waals surface area contributed by atoms with E-state index in [4.69, 9.17) is 11.6 Å². The number of rotatable bonds is 4. The molecular formula is C19H19ClN2O2. The number of hydrogen-bond acceptors (Lipinski definition) is 2. The SMILES string of the molecule is Cc1ccc(NC(=O)CCC2Cc3ccccc3NC2=O)cc1Cl. The topological polar surface area (TPSA) is 58.2 Å². The Labute approximate surface area is 146 Å². The monoisotopic (exact) mass is 342 g/mol. The quantitative estimate of drug-likeness (QED) is 0.875. The number of amides is 2. The van der Waals surface area contributed by atoms with Crippen molar-refractivity contribution >= 4 is 34.8 Å². The lowest BCUT2D eigenvalue weighted by Gasteiger charge is -2.24. The van der Waals surface area contributed by atoms with Gasteiger partial charge in [-0.2, -0.15) is 0 Å². The molecular weight excluding hydrogens is 324 g/mol. The van der Waals surface area contributed by atoms with Crippen molar-refractivity contribution < 1.29 is 9.59 Å². The van der Waals surface area contributed by atoms with Crippen LogP contribution in [0.25, 0.3) is 0 Å². The number of carbonyl (C=O) groups is 2. The summed E-state index contributed by atoms with van der Waals surface area (Å²) in [6, 6.07) is 13.2. The van der Waals surface area contributed by atoms with Crippen LogP contribution in [-0.4, -0.2) is 11.8 Å². The Balaban J connectivity index is 1.56. The van der Waals surface area contributed by atoms with Crippen LogP contribution in [0.1, 0.15) is 24.0 Å². The largest absolute Gasteiger partial charge is 0.326 e. The summed E-state index contributed by atoms with van der Waals surface area (Å²) in [5, 5.41) is 6.36. The van der Waals surface area contributed by atoms with E-state index in [1.165, 1.54) is 0 Å². The number of para-hydroxylation sites is 1. The van der Waals surface area contributed by atoms with E-state index in [1.54, 1.807) is 6.07 Å². The standard InChI is InChI=1S/C19H19ClN2O2/c1-12-6-8-15(11-16(12)20)21-18(23)9-7-14-10-13-4-2-3-5-17(13)22-19(14)24/h2-6,8,11,14H,7,9-10H2,1H3,(H,21,23)(H,22,24). The summed E-state index contributed by atoms with van der Waals surface area (Å²) < 4.78 is 0. The minimum absolute atomic E-state index is 0.0140. The molecule has 2 aromatic carbocycles. The molecule has 1 aliphatic rings. The van der Waals surface area contributed by atoms with Crippen molar-refractivity contribution in [3.63, 3.8) is 0 Å². The second kappa shape index (κ2) is 7.05. The van der Waals surface area contributed by atoms with Crippen LogP contribution in [-0.2, 0) is 16.0 Å². The lowest BCUT2D eigenvalue weighted by atomic mass is 9.89. The van der Waals surface area contributed by atoms with Crippen molar-refractivity contribution in [1.82, 2.24) is 0 Å². The van der Waals surface area contributed by atoms with Gasteiger partial charge in [0, 0.05) is 28.7 Å². The molecule has 0 aromatic heterocycles. The van der Waals surface area contributed by atoms with E-state index in [-0.39, 0.29) is 17.7 Å². The summed E-state index contributed by atoms with van der Waals surface area (Å²) >= 11 is 6.06. The molecule has 0 radical (unpaired) electrons. The third-order valence-corrected chi connectivity index (χ3v) is 4.69. The average molecular weight is 343 g/mol. The molecule has 0 fully saturated rings. The molecule has 2 N–H and O–H groups in total. The van der Waals surface area contributed by atoms with E-state index >= 15 is 0 Å². The smallest absolute Gasteiger partial charge is 0.227 e. The van der Waals surface area contributed by atoms with Gasteiger partial charge in [0.2, 0.25) is 11.8 Å². The molecule has 1 atom stereocenters. The molecule has 1 unspecified atom stereocenters. The van der Waals surface area contributed by atoms with Crippen LogP contribution in [0.15, 0.2) is 42.5 Å². The highest BCUT2D eigenvalue weighted by molar-refractivity contribution is 6.31. The van der Waals surface area contributed by atoms with Gasteiger partial charge < -0.3 is 10.6 Å². The molecule has 0 saturated heterocycles. The first kappa shape index (κ1) is 16.5. The number of anilines is 2. The van der Waals surface area contributed by atoms with E-state index in [0.29, 0.717) is 30.0 Å². The second-order valence-corrected chi connectivity index (χ2v) is 6.51. The van der Waals surface area contributed by atoms with Crippen molar-refractivity contribution in [3.05, 3.63) is 58.6 Å². The van der Waals surface area contributed by atoms with Crippen LogP contribution in [0.4, 0.5) is 11.4 Å². The van der Waals surface area contributed by atoms with E-state index < -0.39 is 0 Å². The number of hydrogen-bond donors (Lipinski definition) is 2. The molecule has 0 saturated carbocycles. The molecule has 0 aliphatic carbocycles. The van der Waals surface area contributed by atoms with Gasteiger partial charge in [-0.15, -0.1) is 0 Å². The number of fused-ring (bicyclic) bond motifs is 1. The Morgan fingerprint density at radius 3 is 2.88 bits per heavy atom. The number of benzene rings is 2. The van der Waals surface area contributed by atoms with Gasteiger partial charge in [-0.3, -0.25) is 9.59 Å². The maximum Gasteiger partial charge on any atom is 0.227 e. The molecule has 4 nitrogen and oxygen atoms in total. The highest BCUT2D eigenvalue weighted by Crippen LogP contribution is 2.27. The average Bonchev–Trinajstić information content (AvgIpc) is 2.56. The minimum atomic E-state index is -0.174. The Morgan fingerprint density at radius 2 is 2.08 bits per heavy atom. The zero-order chi connectivity index (χ0) is 17.1. The van der Waals surface area contributed by atoms with Crippen LogP contribution >= 0.6 is 11.6 Å². The summed E-state index contributed by atoms with van der Waals surface area (Å²) in [5.74, 6) is -0.297. The van der Waals surface area contributed by atoms with Crippen molar-refractivity contribution in [2.45, 2.75) is 26.2 Å². The summed E-state index contributed by atoms with van der Waals surface area (Å²) in [5.41, 5.74) is 3.63. The number of nitrogens with one attached hydrogen (secondary N) is 2. The lowest BCUT2D eigenvalue weighted by molar-refractivity contribution is -0.121. The van der Waals surface area contributed by atoms with Crippen LogP contribution in [0, 0.1) is 12.8 Å². The second-order valence-electron chi connectivity index (χ2n) is 6.10. The fourth-order valence-corrected chi connectivity index (χ4v) is 3.03. The van der Waals surface area contributed by atoms with E-state index in [2.05, 4.69) is 10.6 Å². The molecule has 1 heterocycles.